The molecule has 0 saturated heterocycles. The van der Waals surface area contributed by atoms with Gasteiger partial charge in [0.15, 0.2) is 0 Å². The number of benzene rings is 1. The molecule has 2 rings (SSSR count). The average molecular weight is 192 g/mol. The number of hydrogen-bond acceptors (Lipinski definition) is 1. The van der Waals surface area contributed by atoms with Crippen LogP contribution in [0.1, 0.15) is 19.0 Å². The van der Waals surface area contributed by atoms with E-state index in [0.717, 1.165) is 29.6 Å². The van der Waals surface area contributed by atoms with Crippen LogP contribution in [-0.4, -0.2) is 9.78 Å². The zero-order chi connectivity index (χ0) is 10.1. The Bertz CT molecular complexity index is 460. The van der Waals surface area contributed by atoms with Gasteiger partial charge in [-0.15, -0.1) is 0 Å². The van der Waals surface area contributed by atoms with Crippen LogP contribution in [0.5, 0.6) is 0 Å². The molecule has 2 aromatic rings. The number of fused-ring (bicyclic) bond motifs is 1. The maximum Gasteiger partial charge on any atom is 0.124 e. The van der Waals surface area contributed by atoms with Crippen molar-refractivity contribution < 1.29 is 4.39 Å². The molecule has 0 saturated carbocycles. The van der Waals surface area contributed by atoms with E-state index in [1.807, 2.05) is 11.6 Å². The third-order valence-corrected chi connectivity index (χ3v) is 2.33. The first-order valence-corrected chi connectivity index (χ1v) is 4.85. The maximum atomic E-state index is 13.0. The van der Waals surface area contributed by atoms with Crippen LogP contribution in [0, 0.1) is 12.7 Å². The molecule has 0 atom stereocenters. The van der Waals surface area contributed by atoms with E-state index in [0.29, 0.717) is 0 Å². The van der Waals surface area contributed by atoms with Crippen molar-refractivity contribution in [2.24, 2.45) is 0 Å². The fourth-order valence-electron chi connectivity index (χ4n) is 1.69. The lowest BCUT2D eigenvalue weighted by atomic mass is 10.2. The highest BCUT2D eigenvalue weighted by Crippen LogP contribution is 2.19. The molecule has 14 heavy (non-hydrogen) atoms. The van der Waals surface area contributed by atoms with Gasteiger partial charge in [0, 0.05) is 11.9 Å². The van der Waals surface area contributed by atoms with Gasteiger partial charge in [0.2, 0.25) is 0 Å². The van der Waals surface area contributed by atoms with Crippen molar-refractivity contribution in [3.63, 3.8) is 0 Å². The standard InChI is InChI=1S/C11H13FN2/c1-3-6-14-11-5-4-9(12)7-10(11)8(2)13-14/h4-5,7H,3,6H2,1-2H3. The summed E-state index contributed by atoms with van der Waals surface area (Å²) in [6.45, 7) is 4.90. The van der Waals surface area contributed by atoms with Crippen LogP contribution < -0.4 is 0 Å². The Labute approximate surface area is 82.3 Å². The summed E-state index contributed by atoms with van der Waals surface area (Å²) < 4.78 is 14.9. The lowest BCUT2D eigenvalue weighted by Crippen LogP contribution is -1.98. The molecule has 1 aromatic carbocycles. The van der Waals surface area contributed by atoms with Gasteiger partial charge >= 0.3 is 0 Å². The number of halogens is 1. The molecule has 0 radical (unpaired) electrons. The van der Waals surface area contributed by atoms with E-state index in [2.05, 4.69) is 12.0 Å². The third-order valence-electron chi connectivity index (χ3n) is 2.33. The normalized spacial score (nSPS) is 11.1. The Morgan fingerprint density at radius 3 is 2.93 bits per heavy atom. The number of aromatic nitrogens is 2. The van der Waals surface area contributed by atoms with E-state index in [4.69, 9.17) is 0 Å². The van der Waals surface area contributed by atoms with Gasteiger partial charge < -0.3 is 0 Å². The number of hydrogen-bond donors (Lipinski definition) is 0. The van der Waals surface area contributed by atoms with Crippen LogP contribution in [0.2, 0.25) is 0 Å². The SMILES string of the molecule is CCCn1nc(C)c2cc(F)ccc21. The molecule has 3 heteroatoms. The zero-order valence-electron chi connectivity index (χ0n) is 8.42. The summed E-state index contributed by atoms with van der Waals surface area (Å²) >= 11 is 0. The highest BCUT2D eigenvalue weighted by Gasteiger charge is 2.06. The summed E-state index contributed by atoms with van der Waals surface area (Å²) in [6.07, 6.45) is 1.04. The van der Waals surface area contributed by atoms with Gasteiger partial charge in [0.05, 0.1) is 11.2 Å². The minimum Gasteiger partial charge on any atom is -0.265 e. The molecule has 0 spiro atoms. The predicted molar refractivity (Wildman–Crippen MR) is 54.7 cm³/mol. The zero-order valence-corrected chi connectivity index (χ0v) is 8.42. The highest BCUT2D eigenvalue weighted by molar-refractivity contribution is 5.81. The van der Waals surface area contributed by atoms with Gasteiger partial charge in [-0.25, -0.2) is 4.39 Å². The summed E-state index contributed by atoms with van der Waals surface area (Å²) in [7, 11) is 0. The quantitative estimate of drug-likeness (QED) is 0.715. The Kier molecular flexibility index (Phi) is 2.23. The molecule has 74 valence electrons. The Morgan fingerprint density at radius 1 is 1.43 bits per heavy atom. The van der Waals surface area contributed by atoms with Crippen molar-refractivity contribution in [3.05, 3.63) is 29.7 Å². The van der Waals surface area contributed by atoms with Gasteiger partial charge in [-0.05, 0) is 31.5 Å². The summed E-state index contributed by atoms with van der Waals surface area (Å²) in [4.78, 5) is 0. The molecule has 2 nitrogen and oxygen atoms in total. The third kappa shape index (κ3) is 1.39. The van der Waals surface area contributed by atoms with Gasteiger partial charge in [0.1, 0.15) is 5.82 Å². The summed E-state index contributed by atoms with van der Waals surface area (Å²) in [6, 6.07) is 4.82. The molecule has 0 aliphatic carbocycles. The smallest absolute Gasteiger partial charge is 0.124 e. The van der Waals surface area contributed by atoms with Crippen molar-refractivity contribution in [1.29, 1.82) is 0 Å². The van der Waals surface area contributed by atoms with Crippen molar-refractivity contribution >= 4 is 10.9 Å². The van der Waals surface area contributed by atoms with Crippen molar-refractivity contribution in [1.82, 2.24) is 9.78 Å². The van der Waals surface area contributed by atoms with Gasteiger partial charge in [-0.1, -0.05) is 6.92 Å². The van der Waals surface area contributed by atoms with Gasteiger partial charge in [-0.3, -0.25) is 4.68 Å². The van der Waals surface area contributed by atoms with Crippen LogP contribution in [0.15, 0.2) is 18.2 Å². The minimum atomic E-state index is -0.198. The first-order chi connectivity index (χ1) is 6.72. The molecule has 0 aliphatic heterocycles. The van der Waals surface area contributed by atoms with Crippen LogP contribution in [0.3, 0.4) is 0 Å². The summed E-state index contributed by atoms with van der Waals surface area (Å²) in [5, 5.41) is 5.29. The maximum absolute atomic E-state index is 13.0. The Balaban J connectivity index is 2.65. The topological polar surface area (TPSA) is 17.8 Å². The van der Waals surface area contributed by atoms with Crippen LogP contribution in [0.25, 0.3) is 10.9 Å². The molecule has 1 aromatic heterocycles. The number of rotatable bonds is 2. The van der Waals surface area contributed by atoms with Crippen LogP contribution in [0.4, 0.5) is 4.39 Å². The Morgan fingerprint density at radius 2 is 2.21 bits per heavy atom. The predicted octanol–water partition coefficient (Wildman–Crippen LogP) is 2.89. The summed E-state index contributed by atoms with van der Waals surface area (Å²) in [5.74, 6) is -0.198. The molecule has 0 amide bonds. The average Bonchev–Trinajstić information content (AvgIpc) is 2.44. The molecule has 0 aliphatic rings. The minimum absolute atomic E-state index is 0.198. The fourth-order valence-corrected chi connectivity index (χ4v) is 1.69. The molecule has 1 heterocycles. The van der Waals surface area contributed by atoms with Crippen molar-refractivity contribution in [2.45, 2.75) is 26.8 Å². The number of aryl methyl sites for hydroxylation is 2. The molecule has 0 N–H and O–H groups in total. The first kappa shape index (κ1) is 9.19. The van der Waals surface area contributed by atoms with Crippen molar-refractivity contribution in [2.75, 3.05) is 0 Å². The van der Waals surface area contributed by atoms with Crippen molar-refractivity contribution in [3.8, 4) is 0 Å². The van der Waals surface area contributed by atoms with Gasteiger partial charge in [-0.2, -0.15) is 5.10 Å². The second kappa shape index (κ2) is 3.40. The van der Waals surface area contributed by atoms with E-state index in [9.17, 15) is 4.39 Å². The van der Waals surface area contributed by atoms with Gasteiger partial charge in [0.25, 0.3) is 0 Å². The molecule has 0 unspecified atom stereocenters. The molecular weight excluding hydrogens is 179 g/mol. The second-order valence-electron chi connectivity index (χ2n) is 3.47. The number of nitrogens with zero attached hydrogens (tertiary/aromatic N) is 2. The summed E-state index contributed by atoms with van der Waals surface area (Å²) in [5.41, 5.74) is 1.92. The van der Waals surface area contributed by atoms with Crippen LogP contribution in [-0.2, 0) is 6.54 Å². The van der Waals surface area contributed by atoms with E-state index in [-0.39, 0.29) is 5.82 Å². The fraction of sp³-hybridized carbons (Fsp3) is 0.364. The molecule has 0 fully saturated rings. The molecular formula is C11H13FN2. The lowest BCUT2D eigenvalue weighted by Gasteiger charge is -1.99. The van der Waals surface area contributed by atoms with E-state index in [1.54, 1.807) is 12.1 Å². The van der Waals surface area contributed by atoms with Crippen LogP contribution >= 0.6 is 0 Å². The van der Waals surface area contributed by atoms with E-state index in [1.165, 1.54) is 6.07 Å². The Hall–Kier alpha value is -1.38. The highest BCUT2D eigenvalue weighted by atomic mass is 19.1. The first-order valence-electron chi connectivity index (χ1n) is 4.85. The monoisotopic (exact) mass is 192 g/mol. The lowest BCUT2D eigenvalue weighted by molar-refractivity contribution is 0.615. The second-order valence-corrected chi connectivity index (χ2v) is 3.47. The largest absolute Gasteiger partial charge is 0.265 e. The molecule has 0 bridgehead atoms. The van der Waals surface area contributed by atoms with E-state index >= 15 is 0 Å². The van der Waals surface area contributed by atoms with E-state index < -0.39 is 0 Å².